The molecule has 2 amide bonds. The molecular weight excluding hydrogens is 386 g/mol. The van der Waals surface area contributed by atoms with Crippen molar-refractivity contribution >= 4 is 34.8 Å². The Morgan fingerprint density at radius 3 is 2.41 bits per heavy atom. The second-order valence-corrected chi connectivity index (χ2v) is 8.41. The SMILES string of the molecule is CC(C)N(Cc1cc(NC(=O)c2ccccc2Cl)ccc1N(C)C)C(=O)C1CC1. The second kappa shape index (κ2) is 8.87. The predicted molar refractivity (Wildman–Crippen MR) is 119 cm³/mol. The van der Waals surface area contributed by atoms with Crippen molar-refractivity contribution in [3.05, 3.63) is 58.6 Å². The first-order valence-corrected chi connectivity index (χ1v) is 10.3. The number of amides is 2. The summed E-state index contributed by atoms with van der Waals surface area (Å²) in [6.45, 7) is 4.59. The zero-order chi connectivity index (χ0) is 21.1. The third-order valence-electron chi connectivity index (χ3n) is 5.11. The molecule has 6 heteroatoms. The minimum atomic E-state index is -0.256. The quantitative estimate of drug-likeness (QED) is 0.708. The highest BCUT2D eigenvalue weighted by molar-refractivity contribution is 6.34. The zero-order valence-electron chi connectivity index (χ0n) is 17.4. The van der Waals surface area contributed by atoms with Crippen LogP contribution < -0.4 is 10.2 Å². The van der Waals surface area contributed by atoms with E-state index in [0.29, 0.717) is 22.8 Å². The van der Waals surface area contributed by atoms with Crippen molar-refractivity contribution in [3.63, 3.8) is 0 Å². The molecular formula is C23H28ClN3O2. The van der Waals surface area contributed by atoms with Crippen molar-refractivity contribution in [1.82, 2.24) is 4.90 Å². The fraction of sp³-hybridized carbons (Fsp3) is 0.391. The molecule has 0 atom stereocenters. The summed E-state index contributed by atoms with van der Waals surface area (Å²) < 4.78 is 0. The molecule has 0 spiro atoms. The van der Waals surface area contributed by atoms with E-state index in [-0.39, 0.29) is 23.8 Å². The fourth-order valence-corrected chi connectivity index (χ4v) is 3.55. The van der Waals surface area contributed by atoms with Crippen molar-refractivity contribution in [2.24, 2.45) is 5.92 Å². The molecule has 1 fully saturated rings. The smallest absolute Gasteiger partial charge is 0.257 e. The van der Waals surface area contributed by atoms with Crippen molar-refractivity contribution in [2.75, 3.05) is 24.3 Å². The van der Waals surface area contributed by atoms with Crippen LogP contribution in [0.2, 0.25) is 5.02 Å². The van der Waals surface area contributed by atoms with E-state index in [1.165, 1.54) is 0 Å². The highest BCUT2D eigenvalue weighted by Crippen LogP contribution is 2.33. The molecule has 0 unspecified atom stereocenters. The Kier molecular flexibility index (Phi) is 6.48. The molecule has 0 heterocycles. The highest BCUT2D eigenvalue weighted by atomic mass is 35.5. The number of hydrogen-bond acceptors (Lipinski definition) is 3. The Hall–Kier alpha value is -2.53. The van der Waals surface area contributed by atoms with Crippen LogP contribution in [-0.2, 0) is 11.3 Å². The Labute approximate surface area is 177 Å². The summed E-state index contributed by atoms with van der Waals surface area (Å²) in [6, 6.07) is 12.9. The second-order valence-electron chi connectivity index (χ2n) is 8.01. The van der Waals surface area contributed by atoms with Crippen molar-refractivity contribution < 1.29 is 9.59 Å². The van der Waals surface area contributed by atoms with Crippen LogP contribution in [0.3, 0.4) is 0 Å². The minimum Gasteiger partial charge on any atom is -0.377 e. The Bertz CT molecular complexity index is 907. The molecule has 0 aliphatic heterocycles. The van der Waals surface area contributed by atoms with Gasteiger partial charge in [-0.3, -0.25) is 9.59 Å². The van der Waals surface area contributed by atoms with Gasteiger partial charge in [-0.2, -0.15) is 0 Å². The van der Waals surface area contributed by atoms with Gasteiger partial charge in [0.2, 0.25) is 5.91 Å². The Morgan fingerprint density at radius 1 is 1.14 bits per heavy atom. The van der Waals surface area contributed by atoms with Gasteiger partial charge in [0.05, 0.1) is 10.6 Å². The largest absolute Gasteiger partial charge is 0.377 e. The summed E-state index contributed by atoms with van der Waals surface area (Å²) >= 11 is 6.15. The van der Waals surface area contributed by atoms with E-state index in [1.807, 2.05) is 55.9 Å². The lowest BCUT2D eigenvalue weighted by molar-refractivity contribution is -0.134. The molecule has 1 aliphatic rings. The average molecular weight is 414 g/mol. The molecule has 0 bridgehead atoms. The lowest BCUT2D eigenvalue weighted by Crippen LogP contribution is -2.37. The number of carbonyl (C=O) groups is 2. The number of halogens is 1. The monoisotopic (exact) mass is 413 g/mol. The normalized spacial score (nSPS) is 13.3. The number of benzene rings is 2. The number of carbonyl (C=O) groups excluding carboxylic acids is 2. The summed E-state index contributed by atoms with van der Waals surface area (Å²) in [5.41, 5.74) is 3.13. The van der Waals surface area contributed by atoms with Crippen molar-refractivity contribution in [1.29, 1.82) is 0 Å². The number of nitrogens with one attached hydrogen (secondary N) is 1. The number of rotatable bonds is 7. The molecule has 1 N–H and O–H groups in total. The van der Waals surface area contributed by atoms with Crippen LogP contribution in [0.5, 0.6) is 0 Å². The molecule has 1 saturated carbocycles. The first-order valence-electron chi connectivity index (χ1n) is 9.94. The van der Waals surface area contributed by atoms with Gasteiger partial charge in [-0.05, 0) is 62.6 Å². The summed E-state index contributed by atoms with van der Waals surface area (Å²) in [4.78, 5) is 29.3. The lowest BCUT2D eigenvalue weighted by atomic mass is 10.1. The van der Waals surface area contributed by atoms with E-state index >= 15 is 0 Å². The van der Waals surface area contributed by atoms with Crippen LogP contribution >= 0.6 is 11.6 Å². The van der Waals surface area contributed by atoms with Crippen LogP contribution in [0.25, 0.3) is 0 Å². The van der Waals surface area contributed by atoms with Crippen LogP contribution in [0.1, 0.15) is 42.6 Å². The van der Waals surface area contributed by atoms with Gasteiger partial charge in [0, 0.05) is 44.0 Å². The molecule has 1 aliphatic carbocycles. The van der Waals surface area contributed by atoms with E-state index < -0.39 is 0 Å². The third-order valence-corrected chi connectivity index (χ3v) is 5.44. The van der Waals surface area contributed by atoms with Crippen molar-refractivity contribution in [2.45, 2.75) is 39.3 Å². The summed E-state index contributed by atoms with van der Waals surface area (Å²) in [5.74, 6) is 0.132. The molecule has 0 aromatic heterocycles. The first-order chi connectivity index (χ1) is 13.8. The van der Waals surface area contributed by atoms with Gasteiger partial charge in [-0.1, -0.05) is 23.7 Å². The van der Waals surface area contributed by atoms with Gasteiger partial charge in [0.25, 0.3) is 5.91 Å². The van der Waals surface area contributed by atoms with Gasteiger partial charge in [-0.25, -0.2) is 0 Å². The lowest BCUT2D eigenvalue weighted by Gasteiger charge is -2.29. The molecule has 2 aromatic rings. The van der Waals surface area contributed by atoms with Gasteiger partial charge in [-0.15, -0.1) is 0 Å². The van der Waals surface area contributed by atoms with Gasteiger partial charge in [0.1, 0.15) is 0 Å². The molecule has 0 radical (unpaired) electrons. The van der Waals surface area contributed by atoms with Gasteiger partial charge < -0.3 is 15.1 Å². The number of anilines is 2. The van der Waals surface area contributed by atoms with E-state index in [2.05, 4.69) is 5.32 Å². The maximum atomic E-state index is 12.7. The number of nitrogens with zero attached hydrogens (tertiary/aromatic N) is 2. The molecule has 3 rings (SSSR count). The van der Waals surface area contributed by atoms with E-state index in [9.17, 15) is 9.59 Å². The van der Waals surface area contributed by atoms with Crippen molar-refractivity contribution in [3.8, 4) is 0 Å². The number of hydrogen-bond donors (Lipinski definition) is 1. The van der Waals surface area contributed by atoms with Gasteiger partial charge in [0.15, 0.2) is 0 Å². The molecule has 2 aromatic carbocycles. The molecule has 154 valence electrons. The third kappa shape index (κ3) is 5.10. The van der Waals surface area contributed by atoms with E-state index in [4.69, 9.17) is 11.6 Å². The summed E-state index contributed by atoms with van der Waals surface area (Å²) in [5, 5.41) is 3.34. The highest BCUT2D eigenvalue weighted by Gasteiger charge is 2.34. The first kappa shape index (κ1) is 21.2. The average Bonchev–Trinajstić information content (AvgIpc) is 3.50. The van der Waals surface area contributed by atoms with Crippen LogP contribution in [0, 0.1) is 5.92 Å². The zero-order valence-corrected chi connectivity index (χ0v) is 18.2. The summed E-state index contributed by atoms with van der Waals surface area (Å²) in [6.07, 6.45) is 1.97. The molecule has 0 saturated heterocycles. The van der Waals surface area contributed by atoms with Crippen LogP contribution in [0.4, 0.5) is 11.4 Å². The van der Waals surface area contributed by atoms with Crippen LogP contribution in [0.15, 0.2) is 42.5 Å². The predicted octanol–water partition coefficient (Wildman–Crippen LogP) is 4.81. The topological polar surface area (TPSA) is 52.7 Å². The van der Waals surface area contributed by atoms with E-state index in [1.54, 1.807) is 24.3 Å². The van der Waals surface area contributed by atoms with Gasteiger partial charge >= 0.3 is 0 Å². The van der Waals surface area contributed by atoms with Crippen LogP contribution in [-0.4, -0.2) is 36.9 Å². The maximum absolute atomic E-state index is 12.7. The Morgan fingerprint density at radius 2 is 1.83 bits per heavy atom. The molecule has 5 nitrogen and oxygen atoms in total. The molecule has 29 heavy (non-hydrogen) atoms. The van der Waals surface area contributed by atoms with E-state index in [0.717, 1.165) is 24.1 Å². The summed E-state index contributed by atoms with van der Waals surface area (Å²) in [7, 11) is 3.95. The fourth-order valence-electron chi connectivity index (χ4n) is 3.33. The Balaban J connectivity index is 1.86. The maximum Gasteiger partial charge on any atom is 0.257 e. The minimum absolute atomic E-state index is 0.111. The standard InChI is InChI=1S/C23H28ClN3O2/c1-15(2)27(23(29)16-9-10-16)14-17-13-18(11-12-21(17)26(3)4)25-22(28)19-7-5-6-8-20(19)24/h5-8,11-13,15-16H,9-10,14H2,1-4H3,(H,25,28).